The van der Waals surface area contributed by atoms with Crippen molar-refractivity contribution in [2.45, 2.75) is 6.61 Å². The van der Waals surface area contributed by atoms with Gasteiger partial charge in [-0.3, -0.25) is 0 Å². The van der Waals surface area contributed by atoms with Crippen LogP contribution in [0.1, 0.15) is 15.9 Å². The first-order valence-electron chi connectivity index (χ1n) is 8.71. The SMILES string of the molecule is COc1cc(OC)cc(-c2c3c(cc4cc(OC)c(OC)cc24)COC3=O)c1. The molecular formula is C22H20O6. The zero-order chi connectivity index (χ0) is 19.8. The average molecular weight is 380 g/mol. The third-order valence-electron chi connectivity index (χ3n) is 4.93. The Bertz CT molecular complexity index is 1060. The average Bonchev–Trinajstić information content (AvgIpc) is 3.10. The molecule has 4 rings (SSSR count). The summed E-state index contributed by atoms with van der Waals surface area (Å²) >= 11 is 0. The molecular weight excluding hydrogens is 360 g/mol. The highest BCUT2D eigenvalue weighted by atomic mass is 16.5. The number of hydrogen-bond donors (Lipinski definition) is 0. The molecule has 0 N–H and O–H groups in total. The largest absolute Gasteiger partial charge is 0.497 e. The maximum Gasteiger partial charge on any atom is 0.339 e. The maximum atomic E-state index is 12.5. The first-order chi connectivity index (χ1) is 13.6. The quantitative estimate of drug-likeness (QED) is 0.618. The van der Waals surface area contributed by atoms with Gasteiger partial charge in [-0.2, -0.15) is 0 Å². The Balaban J connectivity index is 2.12. The molecule has 6 nitrogen and oxygen atoms in total. The number of ether oxygens (including phenoxy) is 5. The standard InChI is InChI=1S/C22H20O6/c1-24-15-6-13(7-16(9-15)25-2)20-17-10-19(27-4)18(26-3)8-12(17)5-14-11-28-22(23)21(14)20/h5-10H,11H2,1-4H3. The summed E-state index contributed by atoms with van der Waals surface area (Å²) in [5.41, 5.74) is 2.94. The van der Waals surface area contributed by atoms with Gasteiger partial charge in [0.1, 0.15) is 18.1 Å². The number of rotatable bonds is 5. The Hall–Kier alpha value is -3.41. The van der Waals surface area contributed by atoms with Crippen molar-refractivity contribution in [3.05, 3.63) is 47.5 Å². The summed E-state index contributed by atoms with van der Waals surface area (Å²) in [6.45, 7) is 0.243. The van der Waals surface area contributed by atoms with Crippen molar-refractivity contribution in [3.8, 4) is 34.1 Å². The van der Waals surface area contributed by atoms with Gasteiger partial charge in [0.2, 0.25) is 0 Å². The van der Waals surface area contributed by atoms with E-state index in [9.17, 15) is 4.79 Å². The zero-order valence-electron chi connectivity index (χ0n) is 16.1. The van der Waals surface area contributed by atoms with E-state index in [1.54, 1.807) is 34.5 Å². The fourth-order valence-electron chi connectivity index (χ4n) is 3.60. The molecule has 6 heteroatoms. The van der Waals surface area contributed by atoms with Crippen LogP contribution in [-0.4, -0.2) is 34.4 Å². The Kier molecular flexibility index (Phi) is 4.47. The second kappa shape index (κ2) is 6.96. The number of methoxy groups -OCH3 is 4. The molecule has 0 fully saturated rings. The van der Waals surface area contributed by atoms with Gasteiger partial charge in [-0.15, -0.1) is 0 Å². The summed E-state index contributed by atoms with van der Waals surface area (Å²) in [5.74, 6) is 2.12. The van der Waals surface area contributed by atoms with Crippen LogP contribution in [-0.2, 0) is 11.3 Å². The minimum absolute atomic E-state index is 0.243. The number of benzene rings is 3. The first kappa shape index (κ1) is 18.0. The lowest BCUT2D eigenvalue weighted by molar-refractivity contribution is 0.0535. The Morgan fingerprint density at radius 1 is 0.750 bits per heavy atom. The van der Waals surface area contributed by atoms with E-state index >= 15 is 0 Å². The smallest absolute Gasteiger partial charge is 0.339 e. The number of carbonyl (C=O) groups is 1. The van der Waals surface area contributed by atoms with Gasteiger partial charge in [0, 0.05) is 17.2 Å². The number of hydrogen-bond acceptors (Lipinski definition) is 6. The molecule has 0 saturated heterocycles. The van der Waals surface area contributed by atoms with Gasteiger partial charge in [-0.05, 0) is 46.7 Å². The van der Waals surface area contributed by atoms with Crippen molar-refractivity contribution in [1.82, 2.24) is 0 Å². The van der Waals surface area contributed by atoms with E-state index in [1.807, 2.05) is 30.3 Å². The summed E-state index contributed by atoms with van der Waals surface area (Å²) in [6.07, 6.45) is 0. The third-order valence-corrected chi connectivity index (χ3v) is 4.93. The van der Waals surface area contributed by atoms with Crippen molar-refractivity contribution in [3.63, 3.8) is 0 Å². The van der Waals surface area contributed by atoms with Gasteiger partial charge in [-0.25, -0.2) is 4.79 Å². The van der Waals surface area contributed by atoms with Gasteiger partial charge < -0.3 is 23.7 Å². The summed E-state index contributed by atoms with van der Waals surface area (Å²) in [7, 11) is 6.36. The van der Waals surface area contributed by atoms with Crippen LogP contribution in [0, 0.1) is 0 Å². The monoisotopic (exact) mass is 380 g/mol. The number of esters is 1. The molecule has 0 bridgehead atoms. The van der Waals surface area contributed by atoms with Gasteiger partial charge in [-0.1, -0.05) is 0 Å². The molecule has 0 aromatic heterocycles. The summed E-state index contributed by atoms with van der Waals surface area (Å²) in [4.78, 5) is 12.5. The lowest BCUT2D eigenvalue weighted by Crippen LogP contribution is -2.00. The molecule has 0 spiro atoms. The van der Waals surface area contributed by atoms with E-state index in [1.165, 1.54) is 0 Å². The molecule has 0 aliphatic carbocycles. The molecule has 1 aliphatic rings. The Morgan fingerprint density at radius 3 is 2.00 bits per heavy atom. The normalized spacial score (nSPS) is 12.5. The molecule has 0 radical (unpaired) electrons. The van der Waals surface area contributed by atoms with Crippen LogP contribution >= 0.6 is 0 Å². The van der Waals surface area contributed by atoms with Crippen LogP contribution in [0.15, 0.2) is 36.4 Å². The second-order valence-corrected chi connectivity index (χ2v) is 6.39. The fourth-order valence-corrected chi connectivity index (χ4v) is 3.60. The highest BCUT2D eigenvalue weighted by Gasteiger charge is 2.28. The third kappa shape index (κ3) is 2.78. The van der Waals surface area contributed by atoms with E-state index in [0.717, 1.165) is 27.5 Å². The van der Waals surface area contributed by atoms with E-state index in [2.05, 4.69) is 0 Å². The first-order valence-corrected chi connectivity index (χ1v) is 8.71. The van der Waals surface area contributed by atoms with E-state index < -0.39 is 0 Å². The molecule has 3 aromatic carbocycles. The Labute approximate surface area is 162 Å². The molecule has 0 atom stereocenters. The van der Waals surface area contributed by atoms with E-state index in [0.29, 0.717) is 28.6 Å². The molecule has 3 aromatic rings. The van der Waals surface area contributed by atoms with Crippen LogP contribution in [0.3, 0.4) is 0 Å². The van der Waals surface area contributed by atoms with Crippen LogP contribution < -0.4 is 18.9 Å². The van der Waals surface area contributed by atoms with Crippen molar-refractivity contribution in [2.75, 3.05) is 28.4 Å². The highest BCUT2D eigenvalue weighted by Crippen LogP contribution is 2.43. The van der Waals surface area contributed by atoms with Crippen molar-refractivity contribution in [1.29, 1.82) is 0 Å². The second-order valence-electron chi connectivity index (χ2n) is 6.39. The Morgan fingerprint density at radius 2 is 1.39 bits per heavy atom. The molecule has 1 aliphatic heterocycles. The minimum atomic E-state index is -0.344. The van der Waals surface area contributed by atoms with Crippen LogP contribution in [0.25, 0.3) is 21.9 Å². The fraction of sp³-hybridized carbons (Fsp3) is 0.227. The zero-order valence-corrected chi connectivity index (χ0v) is 16.1. The minimum Gasteiger partial charge on any atom is -0.497 e. The van der Waals surface area contributed by atoms with Gasteiger partial charge in [0.25, 0.3) is 0 Å². The highest BCUT2D eigenvalue weighted by molar-refractivity contribution is 6.11. The van der Waals surface area contributed by atoms with E-state index in [-0.39, 0.29) is 12.6 Å². The molecule has 0 amide bonds. The summed E-state index contributed by atoms with van der Waals surface area (Å²) in [6, 6.07) is 11.3. The molecule has 0 saturated carbocycles. The lowest BCUT2D eigenvalue weighted by Gasteiger charge is -2.16. The van der Waals surface area contributed by atoms with Crippen molar-refractivity contribution < 1.29 is 28.5 Å². The van der Waals surface area contributed by atoms with Crippen LogP contribution in [0.5, 0.6) is 23.0 Å². The van der Waals surface area contributed by atoms with Crippen molar-refractivity contribution >= 4 is 16.7 Å². The van der Waals surface area contributed by atoms with Crippen LogP contribution in [0.2, 0.25) is 0 Å². The number of cyclic esters (lactones) is 1. The molecule has 0 unspecified atom stereocenters. The van der Waals surface area contributed by atoms with Gasteiger partial charge in [0.05, 0.1) is 34.0 Å². The molecule has 1 heterocycles. The van der Waals surface area contributed by atoms with Crippen LogP contribution in [0.4, 0.5) is 0 Å². The summed E-state index contributed by atoms with van der Waals surface area (Å²) in [5, 5.41) is 1.78. The van der Waals surface area contributed by atoms with Crippen molar-refractivity contribution in [2.24, 2.45) is 0 Å². The van der Waals surface area contributed by atoms with Gasteiger partial charge in [0.15, 0.2) is 11.5 Å². The summed E-state index contributed by atoms with van der Waals surface area (Å²) < 4.78 is 27.1. The molecule has 144 valence electrons. The number of carbonyl (C=O) groups excluding carboxylic acids is 1. The maximum absolute atomic E-state index is 12.5. The predicted molar refractivity (Wildman–Crippen MR) is 105 cm³/mol. The molecule has 28 heavy (non-hydrogen) atoms. The lowest BCUT2D eigenvalue weighted by atomic mass is 9.90. The topological polar surface area (TPSA) is 63.2 Å². The predicted octanol–water partition coefficient (Wildman–Crippen LogP) is 4.21. The number of fused-ring (bicyclic) bond motifs is 2. The van der Waals surface area contributed by atoms with Gasteiger partial charge >= 0.3 is 5.97 Å². The van der Waals surface area contributed by atoms with E-state index in [4.69, 9.17) is 23.7 Å².